The zero-order chi connectivity index (χ0) is 7.40. The first-order valence-corrected chi connectivity index (χ1v) is 3.72. The lowest BCUT2D eigenvalue weighted by Crippen LogP contribution is -2.33. The normalized spacial score (nSPS) is 27.6. The smallest absolute Gasteiger partial charge is 0.0959 e. The maximum Gasteiger partial charge on any atom is 0.0959 e. The molecule has 1 rings (SSSR count). The van der Waals surface area contributed by atoms with Gasteiger partial charge in [-0.25, -0.2) is 0 Å². The molecule has 3 heteroatoms. The van der Waals surface area contributed by atoms with Gasteiger partial charge in [-0.05, 0) is 12.8 Å². The standard InChI is InChI=1S/C7H15NO2/c1-10-5-7-3-2-4-8(7)6-9/h7,9H,2-6H2,1H3/t7-/m0/s1. The Labute approximate surface area is 61.6 Å². The van der Waals surface area contributed by atoms with Gasteiger partial charge in [0.05, 0.1) is 13.3 Å². The molecule has 0 aromatic carbocycles. The van der Waals surface area contributed by atoms with E-state index in [0.29, 0.717) is 6.04 Å². The monoisotopic (exact) mass is 145 g/mol. The molecular formula is C7H15NO2. The molecule has 1 atom stereocenters. The first-order chi connectivity index (χ1) is 4.88. The number of methoxy groups -OCH3 is 1. The summed E-state index contributed by atoms with van der Waals surface area (Å²) in [5, 5.41) is 8.83. The average molecular weight is 145 g/mol. The molecule has 1 heterocycles. The Kier molecular flexibility index (Phi) is 3.12. The molecule has 0 bridgehead atoms. The van der Waals surface area contributed by atoms with Crippen LogP contribution < -0.4 is 0 Å². The van der Waals surface area contributed by atoms with E-state index in [0.717, 1.165) is 19.6 Å². The Morgan fingerprint density at radius 3 is 3.10 bits per heavy atom. The fourth-order valence-corrected chi connectivity index (χ4v) is 1.46. The Balaban J connectivity index is 2.27. The summed E-state index contributed by atoms with van der Waals surface area (Å²) in [4.78, 5) is 2.05. The summed E-state index contributed by atoms with van der Waals surface area (Å²) in [6.45, 7) is 1.94. The maximum atomic E-state index is 8.83. The van der Waals surface area contributed by atoms with E-state index in [1.54, 1.807) is 7.11 Å². The van der Waals surface area contributed by atoms with Crippen molar-refractivity contribution in [2.75, 3.05) is 27.0 Å². The molecule has 0 aliphatic carbocycles. The molecule has 3 nitrogen and oxygen atoms in total. The van der Waals surface area contributed by atoms with Gasteiger partial charge in [0.2, 0.25) is 0 Å². The van der Waals surface area contributed by atoms with Gasteiger partial charge in [-0.15, -0.1) is 0 Å². The van der Waals surface area contributed by atoms with E-state index in [1.165, 1.54) is 6.42 Å². The van der Waals surface area contributed by atoms with Crippen molar-refractivity contribution in [3.8, 4) is 0 Å². The summed E-state index contributed by atoms with van der Waals surface area (Å²) in [6, 6.07) is 0.454. The number of nitrogens with zero attached hydrogens (tertiary/aromatic N) is 1. The van der Waals surface area contributed by atoms with Crippen LogP contribution in [0.2, 0.25) is 0 Å². The number of ether oxygens (including phenoxy) is 1. The van der Waals surface area contributed by atoms with Crippen LogP contribution in [0.5, 0.6) is 0 Å². The number of rotatable bonds is 3. The van der Waals surface area contributed by atoms with Gasteiger partial charge in [0, 0.05) is 19.7 Å². The first kappa shape index (κ1) is 7.98. The predicted molar refractivity (Wildman–Crippen MR) is 38.7 cm³/mol. The van der Waals surface area contributed by atoms with Crippen LogP contribution in [0.15, 0.2) is 0 Å². The third-order valence-corrected chi connectivity index (χ3v) is 2.04. The van der Waals surface area contributed by atoms with Crippen molar-refractivity contribution in [1.82, 2.24) is 4.90 Å². The second kappa shape index (κ2) is 3.91. The number of aliphatic hydroxyl groups is 1. The molecule has 0 aromatic heterocycles. The Hall–Kier alpha value is -0.120. The van der Waals surface area contributed by atoms with Crippen molar-refractivity contribution >= 4 is 0 Å². The molecule has 60 valence electrons. The zero-order valence-electron chi connectivity index (χ0n) is 6.42. The molecule has 1 fully saturated rings. The molecule has 1 aliphatic heterocycles. The van der Waals surface area contributed by atoms with E-state index >= 15 is 0 Å². The SMILES string of the molecule is COC[C@@H]1CCCN1CO. The van der Waals surface area contributed by atoms with Crippen LogP contribution in [-0.2, 0) is 4.74 Å². The molecule has 0 aromatic rings. The molecule has 0 spiro atoms. The van der Waals surface area contributed by atoms with Crippen molar-refractivity contribution in [3.63, 3.8) is 0 Å². The third-order valence-electron chi connectivity index (χ3n) is 2.04. The third kappa shape index (κ3) is 1.68. The van der Waals surface area contributed by atoms with Crippen molar-refractivity contribution in [2.45, 2.75) is 18.9 Å². The molecule has 1 N–H and O–H groups in total. The highest BCUT2D eigenvalue weighted by atomic mass is 16.5. The fourth-order valence-electron chi connectivity index (χ4n) is 1.46. The van der Waals surface area contributed by atoms with Crippen molar-refractivity contribution in [1.29, 1.82) is 0 Å². The highest BCUT2D eigenvalue weighted by Crippen LogP contribution is 2.15. The largest absolute Gasteiger partial charge is 0.383 e. The minimum absolute atomic E-state index is 0.175. The minimum Gasteiger partial charge on any atom is -0.383 e. The molecular weight excluding hydrogens is 130 g/mol. The number of hydrogen-bond donors (Lipinski definition) is 1. The van der Waals surface area contributed by atoms with Gasteiger partial charge in [-0.1, -0.05) is 0 Å². The number of likely N-dealkylation sites (tertiary alicyclic amines) is 1. The summed E-state index contributed by atoms with van der Waals surface area (Å²) in [5.74, 6) is 0. The van der Waals surface area contributed by atoms with E-state index in [9.17, 15) is 0 Å². The summed E-state index contributed by atoms with van der Waals surface area (Å²) in [6.07, 6.45) is 2.35. The Morgan fingerprint density at radius 2 is 2.50 bits per heavy atom. The minimum atomic E-state index is 0.175. The van der Waals surface area contributed by atoms with Crippen molar-refractivity contribution in [3.05, 3.63) is 0 Å². The topological polar surface area (TPSA) is 32.7 Å². The highest BCUT2D eigenvalue weighted by Gasteiger charge is 2.22. The quantitative estimate of drug-likeness (QED) is 0.609. The highest BCUT2D eigenvalue weighted by molar-refractivity contribution is 4.76. The summed E-state index contributed by atoms with van der Waals surface area (Å²) < 4.78 is 5.01. The molecule has 0 amide bonds. The second-order valence-electron chi connectivity index (χ2n) is 2.71. The maximum absolute atomic E-state index is 8.83. The van der Waals surface area contributed by atoms with Crippen LogP contribution in [0, 0.1) is 0 Å². The van der Waals surface area contributed by atoms with E-state index < -0.39 is 0 Å². The van der Waals surface area contributed by atoms with Gasteiger partial charge < -0.3 is 9.84 Å². The van der Waals surface area contributed by atoms with E-state index in [2.05, 4.69) is 0 Å². The van der Waals surface area contributed by atoms with Gasteiger partial charge >= 0.3 is 0 Å². The lowest BCUT2D eigenvalue weighted by atomic mass is 10.2. The van der Waals surface area contributed by atoms with Crippen LogP contribution in [-0.4, -0.2) is 43.0 Å². The van der Waals surface area contributed by atoms with Crippen LogP contribution in [0.4, 0.5) is 0 Å². The first-order valence-electron chi connectivity index (χ1n) is 3.72. The predicted octanol–water partition coefficient (Wildman–Crippen LogP) is 0.0470. The number of hydrogen-bond acceptors (Lipinski definition) is 3. The molecule has 1 saturated heterocycles. The van der Waals surface area contributed by atoms with E-state index in [-0.39, 0.29) is 6.73 Å². The van der Waals surface area contributed by atoms with Crippen LogP contribution in [0.1, 0.15) is 12.8 Å². The van der Waals surface area contributed by atoms with Crippen LogP contribution in [0.3, 0.4) is 0 Å². The van der Waals surface area contributed by atoms with Crippen molar-refractivity contribution in [2.24, 2.45) is 0 Å². The second-order valence-corrected chi connectivity index (χ2v) is 2.71. The molecule has 0 unspecified atom stereocenters. The lowest BCUT2D eigenvalue weighted by Gasteiger charge is -2.20. The van der Waals surface area contributed by atoms with Gasteiger partial charge in [-0.2, -0.15) is 0 Å². The van der Waals surface area contributed by atoms with E-state index in [1.807, 2.05) is 4.90 Å². The molecule has 0 radical (unpaired) electrons. The lowest BCUT2D eigenvalue weighted by molar-refractivity contribution is 0.0534. The van der Waals surface area contributed by atoms with Gasteiger partial charge in [0.25, 0.3) is 0 Å². The van der Waals surface area contributed by atoms with Crippen molar-refractivity contribution < 1.29 is 9.84 Å². The van der Waals surface area contributed by atoms with E-state index in [4.69, 9.17) is 9.84 Å². The zero-order valence-corrected chi connectivity index (χ0v) is 6.42. The van der Waals surface area contributed by atoms with Gasteiger partial charge in [0.1, 0.15) is 0 Å². The number of aliphatic hydroxyl groups excluding tert-OH is 1. The molecule has 1 aliphatic rings. The molecule has 0 saturated carbocycles. The Morgan fingerprint density at radius 1 is 1.70 bits per heavy atom. The summed E-state index contributed by atoms with van der Waals surface area (Å²) in [7, 11) is 1.70. The Bertz CT molecular complexity index is 97.6. The average Bonchev–Trinajstić information content (AvgIpc) is 2.36. The van der Waals surface area contributed by atoms with Gasteiger partial charge in [0.15, 0.2) is 0 Å². The summed E-state index contributed by atoms with van der Waals surface area (Å²) in [5.41, 5.74) is 0. The fraction of sp³-hybridized carbons (Fsp3) is 1.00. The summed E-state index contributed by atoms with van der Waals surface area (Å²) >= 11 is 0. The molecule has 10 heavy (non-hydrogen) atoms. The van der Waals surface area contributed by atoms with Crippen LogP contribution in [0.25, 0.3) is 0 Å². The van der Waals surface area contributed by atoms with Gasteiger partial charge in [-0.3, -0.25) is 4.90 Å². The van der Waals surface area contributed by atoms with Crippen LogP contribution >= 0.6 is 0 Å².